The maximum Gasteiger partial charge on any atom is 0.0271 e. The fourth-order valence-electron chi connectivity index (χ4n) is 2.35. The van der Waals surface area contributed by atoms with Crippen molar-refractivity contribution in [1.29, 1.82) is 0 Å². The first-order valence-electron chi connectivity index (χ1n) is 6.24. The lowest BCUT2D eigenvalue weighted by molar-refractivity contribution is 0.199. The van der Waals surface area contributed by atoms with Crippen LogP contribution in [0.2, 0.25) is 0 Å². The van der Waals surface area contributed by atoms with Gasteiger partial charge in [0.1, 0.15) is 0 Å². The summed E-state index contributed by atoms with van der Waals surface area (Å²) in [5.41, 5.74) is 1.37. The maximum absolute atomic E-state index is 4.07. The Labute approximate surface area is 110 Å². The molecule has 1 atom stereocenters. The van der Waals surface area contributed by atoms with Gasteiger partial charge >= 0.3 is 0 Å². The number of rotatable bonds is 5. The lowest BCUT2D eigenvalue weighted by Gasteiger charge is -2.27. The first kappa shape index (κ1) is 14.4. The fraction of sp³-hybridized carbons (Fsp3) is 0.615. The van der Waals surface area contributed by atoms with Gasteiger partial charge < -0.3 is 5.32 Å². The van der Waals surface area contributed by atoms with Crippen molar-refractivity contribution in [3.05, 3.63) is 30.1 Å². The van der Waals surface area contributed by atoms with E-state index in [2.05, 4.69) is 34.3 Å². The summed E-state index contributed by atoms with van der Waals surface area (Å²) in [6, 6.07) is 4.95. The third kappa shape index (κ3) is 4.26. The van der Waals surface area contributed by atoms with Gasteiger partial charge in [0, 0.05) is 31.5 Å². The third-order valence-electron chi connectivity index (χ3n) is 3.20. The van der Waals surface area contributed by atoms with Crippen molar-refractivity contribution in [2.75, 3.05) is 19.6 Å². The monoisotopic (exact) mass is 255 g/mol. The molecule has 96 valence electrons. The zero-order valence-corrected chi connectivity index (χ0v) is 11.2. The molecule has 1 aliphatic heterocycles. The maximum atomic E-state index is 4.07. The fourth-order valence-corrected chi connectivity index (χ4v) is 2.35. The molecule has 0 saturated carbocycles. The number of halogens is 1. The predicted octanol–water partition coefficient (Wildman–Crippen LogP) is 2.08. The molecule has 2 rings (SSSR count). The van der Waals surface area contributed by atoms with Crippen molar-refractivity contribution in [2.45, 2.75) is 32.4 Å². The standard InChI is InChI=1S/C13H21N3.ClH/c1-2-9-16(13-5-8-15-10-13)11-12-3-6-14-7-4-12;/h3-4,6-7,13,15H,2,5,8-11H2,1H3;1H. The zero-order valence-electron chi connectivity index (χ0n) is 10.4. The van der Waals surface area contributed by atoms with E-state index in [1.165, 1.54) is 31.5 Å². The smallest absolute Gasteiger partial charge is 0.0271 e. The average molecular weight is 256 g/mol. The van der Waals surface area contributed by atoms with E-state index in [1.54, 1.807) is 0 Å². The molecule has 1 aromatic rings. The molecule has 0 spiro atoms. The molecule has 1 saturated heterocycles. The second-order valence-electron chi connectivity index (χ2n) is 4.47. The minimum atomic E-state index is 0. The molecule has 3 nitrogen and oxygen atoms in total. The van der Waals surface area contributed by atoms with E-state index in [0.29, 0.717) is 6.04 Å². The van der Waals surface area contributed by atoms with E-state index in [-0.39, 0.29) is 12.4 Å². The summed E-state index contributed by atoms with van der Waals surface area (Å²) < 4.78 is 0. The van der Waals surface area contributed by atoms with Gasteiger partial charge in [0.15, 0.2) is 0 Å². The van der Waals surface area contributed by atoms with Gasteiger partial charge in [-0.05, 0) is 43.6 Å². The highest BCUT2D eigenvalue weighted by Gasteiger charge is 2.21. The number of hydrogen-bond acceptors (Lipinski definition) is 3. The molecule has 2 heterocycles. The Balaban J connectivity index is 0.00000144. The lowest BCUT2D eigenvalue weighted by atomic mass is 10.1. The summed E-state index contributed by atoms with van der Waals surface area (Å²) in [4.78, 5) is 6.66. The molecule has 1 aromatic heterocycles. The highest BCUT2D eigenvalue weighted by atomic mass is 35.5. The summed E-state index contributed by atoms with van der Waals surface area (Å²) in [6.07, 6.45) is 6.27. The predicted molar refractivity (Wildman–Crippen MR) is 73.5 cm³/mol. The van der Waals surface area contributed by atoms with Gasteiger partial charge in [0.05, 0.1) is 0 Å². The highest BCUT2D eigenvalue weighted by Crippen LogP contribution is 2.13. The molecule has 0 bridgehead atoms. The molecule has 0 aromatic carbocycles. The van der Waals surface area contributed by atoms with E-state index in [9.17, 15) is 0 Å². The molecule has 0 aliphatic carbocycles. The third-order valence-corrected chi connectivity index (χ3v) is 3.20. The van der Waals surface area contributed by atoms with Gasteiger partial charge in [-0.2, -0.15) is 0 Å². The van der Waals surface area contributed by atoms with Gasteiger partial charge in [-0.25, -0.2) is 0 Å². The summed E-state index contributed by atoms with van der Waals surface area (Å²) in [6.45, 7) is 6.81. The van der Waals surface area contributed by atoms with Crippen molar-refractivity contribution in [3.8, 4) is 0 Å². The molecule has 4 heteroatoms. The zero-order chi connectivity index (χ0) is 11.2. The van der Waals surface area contributed by atoms with Crippen LogP contribution in [0.4, 0.5) is 0 Å². The van der Waals surface area contributed by atoms with Gasteiger partial charge in [-0.15, -0.1) is 12.4 Å². The lowest BCUT2D eigenvalue weighted by Crippen LogP contribution is -2.36. The first-order chi connectivity index (χ1) is 7.90. The number of nitrogens with zero attached hydrogens (tertiary/aromatic N) is 2. The molecule has 1 unspecified atom stereocenters. The Morgan fingerprint density at radius 1 is 1.41 bits per heavy atom. The molecule has 1 N–H and O–H groups in total. The molecule has 0 radical (unpaired) electrons. The van der Waals surface area contributed by atoms with Crippen molar-refractivity contribution in [3.63, 3.8) is 0 Å². The number of aromatic nitrogens is 1. The van der Waals surface area contributed by atoms with E-state index in [0.717, 1.165) is 13.1 Å². The van der Waals surface area contributed by atoms with E-state index in [1.807, 2.05) is 12.4 Å². The largest absolute Gasteiger partial charge is 0.315 e. The average Bonchev–Trinajstić information content (AvgIpc) is 2.83. The first-order valence-corrected chi connectivity index (χ1v) is 6.24. The van der Waals surface area contributed by atoms with Crippen LogP contribution in [-0.2, 0) is 6.54 Å². The van der Waals surface area contributed by atoms with E-state index in [4.69, 9.17) is 0 Å². The Kier molecular flexibility index (Phi) is 6.48. The van der Waals surface area contributed by atoms with Crippen LogP contribution in [0.5, 0.6) is 0 Å². The summed E-state index contributed by atoms with van der Waals surface area (Å²) in [7, 11) is 0. The van der Waals surface area contributed by atoms with Crippen molar-refractivity contribution in [2.24, 2.45) is 0 Å². The van der Waals surface area contributed by atoms with Crippen LogP contribution in [0.1, 0.15) is 25.3 Å². The molecule has 1 fully saturated rings. The Hall–Kier alpha value is -0.640. The summed E-state index contributed by atoms with van der Waals surface area (Å²) >= 11 is 0. The minimum absolute atomic E-state index is 0. The second-order valence-corrected chi connectivity index (χ2v) is 4.47. The summed E-state index contributed by atoms with van der Waals surface area (Å²) in [5.74, 6) is 0. The van der Waals surface area contributed by atoms with Gasteiger partial charge in [0.2, 0.25) is 0 Å². The SMILES string of the molecule is CCCN(Cc1ccncc1)C1CCNC1.Cl. The minimum Gasteiger partial charge on any atom is -0.315 e. The molecule has 0 amide bonds. The molecule has 1 aliphatic rings. The van der Waals surface area contributed by atoms with Gasteiger partial charge in [-0.1, -0.05) is 6.92 Å². The number of pyridine rings is 1. The van der Waals surface area contributed by atoms with Crippen LogP contribution >= 0.6 is 12.4 Å². The van der Waals surface area contributed by atoms with Gasteiger partial charge in [-0.3, -0.25) is 9.88 Å². The van der Waals surface area contributed by atoms with Crippen LogP contribution in [0.15, 0.2) is 24.5 Å². The number of nitrogens with one attached hydrogen (secondary N) is 1. The highest BCUT2D eigenvalue weighted by molar-refractivity contribution is 5.85. The molecular formula is C13H22ClN3. The van der Waals surface area contributed by atoms with Crippen LogP contribution in [0.3, 0.4) is 0 Å². The van der Waals surface area contributed by atoms with Crippen molar-refractivity contribution >= 4 is 12.4 Å². The second kappa shape index (κ2) is 7.64. The Morgan fingerprint density at radius 2 is 2.18 bits per heavy atom. The van der Waals surface area contributed by atoms with Crippen LogP contribution in [-0.4, -0.2) is 35.6 Å². The van der Waals surface area contributed by atoms with E-state index < -0.39 is 0 Å². The van der Waals surface area contributed by atoms with Crippen molar-refractivity contribution in [1.82, 2.24) is 15.2 Å². The molecular weight excluding hydrogens is 234 g/mol. The van der Waals surface area contributed by atoms with Gasteiger partial charge in [0.25, 0.3) is 0 Å². The van der Waals surface area contributed by atoms with Crippen molar-refractivity contribution < 1.29 is 0 Å². The molecule has 17 heavy (non-hydrogen) atoms. The van der Waals surface area contributed by atoms with Crippen LogP contribution < -0.4 is 5.32 Å². The Morgan fingerprint density at radius 3 is 2.76 bits per heavy atom. The number of hydrogen-bond donors (Lipinski definition) is 1. The normalized spacial score (nSPS) is 19.3. The quantitative estimate of drug-likeness (QED) is 0.873. The topological polar surface area (TPSA) is 28.2 Å². The van der Waals surface area contributed by atoms with Crippen LogP contribution in [0, 0.1) is 0 Å². The van der Waals surface area contributed by atoms with E-state index >= 15 is 0 Å². The Bertz CT molecular complexity index is 299. The van der Waals surface area contributed by atoms with Crippen LogP contribution in [0.25, 0.3) is 0 Å². The summed E-state index contributed by atoms with van der Waals surface area (Å²) in [5, 5.41) is 3.44.